The van der Waals surface area contributed by atoms with E-state index in [0.717, 1.165) is 31.2 Å². The minimum atomic E-state index is -0.777. The molecule has 4 rings (SSSR count). The molecule has 0 spiro atoms. The van der Waals surface area contributed by atoms with Crippen molar-refractivity contribution in [2.45, 2.75) is 63.6 Å². The predicted octanol–water partition coefficient (Wildman–Crippen LogP) is 2.88. The topological polar surface area (TPSA) is 99.8 Å². The van der Waals surface area contributed by atoms with E-state index < -0.39 is 5.54 Å². The number of carbonyl (C=O) groups excluding carboxylic acids is 2. The first-order valence-corrected chi connectivity index (χ1v) is 9.79. The van der Waals surface area contributed by atoms with Crippen molar-refractivity contribution in [3.63, 3.8) is 0 Å². The minimum Gasteiger partial charge on any atom is -0.370 e. The molecule has 2 saturated carbocycles. The van der Waals surface area contributed by atoms with Crippen molar-refractivity contribution < 1.29 is 9.59 Å². The lowest BCUT2D eigenvalue weighted by atomic mass is 9.96. The van der Waals surface area contributed by atoms with Crippen molar-refractivity contribution in [1.82, 2.24) is 10.6 Å². The number of hydrogen-bond acceptors (Lipinski definition) is 3. The molecule has 4 N–H and O–H groups in total. The maximum absolute atomic E-state index is 12.9. The normalized spacial score (nSPS) is 25.6. The van der Waals surface area contributed by atoms with Gasteiger partial charge in [0.25, 0.3) is 5.91 Å². The fourth-order valence-electron chi connectivity index (χ4n) is 4.12. The monoisotopic (exact) mass is 497 g/mol. The van der Waals surface area contributed by atoms with Crippen LogP contribution >= 0.6 is 24.0 Å². The summed E-state index contributed by atoms with van der Waals surface area (Å²) in [7, 11) is 0. The zero-order valence-electron chi connectivity index (χ0n) is 16.1. The van der Waals surface area contributed by atoms with Crippen LogP contribution in [0, 0.1) is 5.92 Å². The van der Waals surface area contributed by atoms with Gasteiger partial charge in [0.15, 0.2) is 5.96 Å². The van der Waals surface area contributed by atoms with E-state index in [1.165, 1.54) is 17.7 Å². The molecule has 2 aliphatic carbocycles. The Bertz CT molecular complexity index is 789. The predicted molar refractivity (Wildman–Crippen MR) is 120 cm³/mol. The smallest absolute Gasteiger partial charge is 0.329 e. The second kappa shape index (κ2) is 8.26. The Morgan fingerprint density at radius 3 is 2.68 bits per heavy atom. The molecule has 1 unspecified atom stereocenters. The number of anilines is 1. The number of hydrogen-bond donors (Lipinski definition) is 3. The Kier molecular flexibility index (Phi) is 6.16. The molecule has 0 bridgehead atoms. The number of aliphatic imine (C=N–C) groups is 1. The lowest BCUT2D eigenvalue weighted by Crippen LogP contribution is -2.46. The number of halogens is 1. The average molecular weight is 497 g/mol. The highest BCUT2D eigenvalue weighted by atomic mass is 127. The van der Waals surface area contributed by atoms with Crippen molar-refractivity contribution in [3.05, 3.63) is 29.8 Å². The lowest BCUT2D eigenvalue weighted by molar-refractivity contribution is -0.122. The summed E-state index contributed by atoms with van der Waals surface area (Å²) in [6.45, 7) is 2.23. The zero-order chi connectivity index (χ0) is 19.0. The number of urea groups is 1. The summed E-state index contributed by atoms with van der Waals surface area (Å²) in [5, 5.41) is 6.14. The number of rotatable bonds is 5. The summed E-state index contributed by atoms with van der Waals surface area (Å²) in [5.41, 5.74) is 6.70. The maximum Gasteiger partial charge on any atom is 0.329 e. The first-order chi connectivity index (χ1) is 13.0. The fourth-order valence-corrected chi connectivity index (χ4v) is 4.12. The Balaban J connectivity index is 0.00000225. The highest BCUT2D eigenvalue weighted by molar-refractivity contribution is 14.0. The third kappa shape index (κ3) is 4.11. The van der Waals surface area contributed by atoms with Crippen LogP contribution in [0.1, 0.15) is 51.0 Å². The van der Waals surface area contributed by atoms with E-state index in [4.69, 9.17) is 5.73 Å². The summed E-state index contributed by atoms with van der Waals surface area (Å²) in [5.74, 6) is 0.523. The van der Waals surface area contributed by atoms with Gasteiger partial charge in [0.05, 0.1) is 12.2 Å². The van der Waals surface area contributed by atoms with Gasteiger partial charge in [-0.1, -0.05) is 25.0 Å². The third-order valence-electron chi connectivity index (χ3n) is 5.92. The molecular weight excluding hydrogens is 469 g/mol. The molecule has 8 heteroatoms. The number of amides is 3. The summed E-state index contributed by atoms with van der Waals surface area (Å²) < 4.78 is 0. The van der Waals surface area contributed by atoms with Gasteiger partial charge in [0.1, 0.15) is 5.54 Å². The molecule has 0 radical (unpaired) electrons. The second-order valence-corrected chi connectivity index (χ2v) is 8.04. The molecule has 0 aromatic heterocycles. The molecule has 1 aromatic carbocycles. The molecule has 3 aliphatic rings. The molecular formula is C20H28IN5O2. The highest BCUT2D eigenvalue weighted by Gasteiger charge is 2.56. The van der Waals surface area contributed by atoms with E-state index in [2.05, 4.69) is 15.6 Å². The van der Waals surface area contributed by atoms with E-state index in [1.807, 2.05) is 25.1 Å². The summed E-state index contributed by atoms with van der Waals surface area (Å²) >= 11 is 0. The van der Waals surface area contributed by atoms with Crippen LogP contribution in [-0.2, 0) is 11.3 Å². The third-order valence-corrected chi connectivity index (χ3v) is 5.92. The van der Waals surface area contributed by atoms with Gasteiger partial charge in [-0.25, -0.2) is 14.7 Å². The number of nitrogens with zero attached hydrogens (tertiary/aromatic N) is 2. The standard InChI is InChI=1S/C20H27N5O2.HI/c1-20(14-9-10-14)17(26)25(19(27)24-20)16-8-4-5-13(11-16)12-22-18(21)23-15-6-2-3-7-15;/h4-5,8,11,14-15H,2-3,6-7,9-10,12H2,1H3,(H,24,27)(H3,21,22,23);1H. The SMILES string of the molecule is CC1(C2CC2)NC(=O)N(c2cccc(CN=C(N)NC3CCCC3)c2)C1=O.I. The van der Waals surface area contributed by atoms with Crippen LogP contribution in [0.2, 0.25) is 0 Å². The molecule has 7 nitrogen and oxygen atoms in total. The van der Waals surface area contributed by atoms with Crippen molar-refractivity contribution >= 4 is 47.6 Å². The number of nitrogens with two attached hydrogens (primary N) is 1. The molecule has 152 valence electrons. The Morgan fingerprint density at radius 1 is 1.29 bits per heavy atom. The van der Waals surface area contributed by atoms with E-state index in [-0.39, 0.29) is 41.8 Å². The summed E-state index contributed by atoms with van der Waals surface area (Å²) in [6, 6.07) is 7.46. The number of nitrogens with one attached hydrogen (secondary N) is 2. The van der Waals surface area contributed by atoms with Gasteiger partial charge in [0.2, 0.25) is 0 Å². The molecule has 1 aromatic rings. The zero-order valence-corrected chi connectivity index (χ0v) is 18.4. The fraction of sp³-hybridized carbons (Fsp3) is 0.550. The lowest BCUT2D eigenvalue weighted by Gasteiger charge is -2.21. The molecule has 3 amide bonds. The van der Waals surface area contributed by atoms with E-state index in [1.54, 1.807) is 6.07 Å². The van der Waals surface area contributed by atoms with E-state index in [9.17, 15) is 9.59 Å². The number of carbonyl (C=O) groups is 2. The Morgan fingerprint density at radius 2 is 2.00 bits per heavy atom. The second-order valence-electron chi connectivity index (χ2n) is 8.04. The summed E-state index contributed by atoms with van der Waals surface area (Å²) in [4.78, 5) is 31.0. The average Bonchev–Trinajstić information content (AvgIpc) is 3.34. The van der Waals surface area contributed by atoms with Crippen LogP contribution < -0.4 is 21.3 Å². The minimum absolute atomic E-state index is 0. The highest BCUT2D eigenvalue weighted by Crippen LogP contribution is 2.43. The van der Waals surface area contributed by atoms with Crippen LogP contribution in [0.15, 0.2) is 29.3 Å². The van der Waals surface area contributed by atoms with Crippen LogP contribution in [0.4, 0.5) is 10.5 Å². The quantitative estimate of drug-likeness (QED) is 0.252. The van der Waals surface area contributed by atoms with Gasteiger partial charge >= 0.3 is 6.03 Å². The first kappa shape index (κ1) is 20.9. The van der Waals surface area contributed by atoms with Crippen molar-refractivity contribution in [1.29, 1.82) is 0 Å². The Hall–Kier alpha value is -1.84. The van der Waals surface area contributed by atoms with Crippen LogP contribution in [0.5, 0.6) is 0 Å². The van der Waals surface area contributed by atoms with Crippen LogP contribution in [0.3, 0.4) is 0 Å². The molecule has 1 saturated heterocycles. The van der Waals surface area contributed by atoms with Gasteiger partial charge in [-0.3, -0.25) is 4.79 Å². The van der Waals surface area contributed by atoms with E-state index >= 15 is 0 Å². The van der Waals surface area contributed by atoms with Gasteiger partial charge < -0.3 is 16.4 Å². The van der Waals surface area contributed by atoms with Gasteiger partial charge in [-0.05, 0) is 56.2 Å². The molecule has 1 atom stereocenters. The Labute approximate surface area is 182 Å². The van der Waals surface area contributed by atoms with Crippen LogP contribution in [0.25, 0.3) is 0 Å². The van der Waals surface area contributed by atoms with E-state index in [0.29, 0.717) is 24.2 Å². The van der Waals surface area contributed by atoms with Crippen molar-refractivity contribution in [2.24, 2.45) is 16.6 Å². The number of benzene rings is 1. The van der Waals surface area contributed by atoms with Crippen molar-refractivity contribution in [2.75, 3.05) is 4.90 Å². The van der Waals surface area contributed by atoms with Gasteiger partial charge in [-0.15, -0.1) is 24.0 Å². The molecule has 1 heterocycles. The molecule has 1 aliphatic heterocycles. The van der Waals surface area contributed by atoms with Gasteiger partial charge in [-0.2, -0.15) is 0 Å². The van der Waals surface area contributed by atoms with Crippen LogP contribution in [-0.4, -0.2) is 29.5 Å². The molecule has 28 heavy (non-hydrogen) atoms. The summed E-state index contributed by atoms with van der Waals surface area (Å²) in [6.07, 6.45) is 6.71. The number of guanidine groups is 1. The first-order valence-electron chi connectivity index (χ1n) is 9.79. The molecule has 3 fully saturated rings. The van der Waals surface area contributed by atoms with Crippen molar-refractivity contribution in [3.8, 4) is 0 Å². The van der Waals surface area contributed by atoms with Gasteiger partial charge in [0, 0.05) is 6.04 Å². The number of imide groups is 1. The largest absolute Gasteiger partial charge is 0.370 e. The maximum atomic E-state index is 12.9.